The average Bonchev–Trinajstić information content (AvgIpc) is 3.45. The van der Waals surface area contributed by atoms with Crippen LogP contribution in [0.25, 0.3) is 0 Å². The van der Waals surface area contributed by atoms with Gasteiger partial charge in [-0.2, -0.15) is 5.10 Å². The van der Waals surface area contributed by atoms with E-state index >= 15 is 0 Å². The van der Waals surface area contributed by atoms with Crippen molar-refractivity contribution >= 4 is 11.6 Å². The van der Waals surface area contributed by atoms with Gasteiger partial charge in [-0.25, -0.2) is 0 Å². The largest absolute Gasteiger partial charge is 0.393 e. The topological polar surface area (TPSA) is 111 Å². The van der Waals surface area contributed by atoms with Gasteiger partial charge in [-0.3, -0.25) is 14.3 Å². The van der Waals surface area contributed by atoms with Crippen LogP contribution < -0.4 is 0 Å². The third-order valence-corrected chi connectivity index (χ3v) is 9.89. The molecule has 0 spiro atoms. The molecule has 2 heterocycles. The first-order chi connectivity index (χ1) is 16.2. The van der Waals surface area contributed by atoms with Crippen molar-refractivity contribution in [2.24, 2.45) is 35.6 Å². The summed E-state index contributed by atoms with van der Waals surface area (Å²) in [5.74, 6) is -0.207. The number of ether oxygens (including phenoxy) is 2. The number of nitrogens with zero attached hydrogens (tertiary/aromatic N) is 2. The van der Waals surface area contributed by atoms with E-state index in [0.29, 0.717) is 18.5 Å². The number of hydrogen-bond acceptors (Lipinski definition) is 7. The van der Waals surface area contributed by atoms with Crippen LogP contribution in [0.1, 0.15) is 51.5 Å². The summed E-state index contributed by atoms with van der Waals surface area (Å²) < 4.78 is 14.6. The summed E-state index contributed by atoms with van der Waals surface area (Å²) in [4.78, 5) is 25.5. The van der Waals surface area contributed by atoms with Gasteiger partial charge in [0.05, 0.1) is 17.9 Å². The fraction of sp³-hybridized carbons (Fsp3) is 0.654. The number of carbonyl (C=O) groups excluding carboxylic acids is 2. The van der Waals surface area contributed by atoms with Crippen LogP contribution in [0.3, 0.4) is 0 Å². The lowest BCUT2D eigenvalue weighted by Gasteiger charge is -2.59. The highest BCUT2D eigenvalue weighted by Crippen LogP contribution is 2.70. The summed E-state index contributed by atoms with van der Waals surface area (Å²) in [5, 5.41) is 25.9. The van der Waals surface area contributed by atoms with E-state index in [2.05, 4.69) is 12.0 Å². The van der Waals surface area contributed by atoms with E-state index in [1.165, 1.54) is 0 Å². The Morgan fingerprint density at radius 3 is 2.85 bits per heavy atom. The van der Waals surface area contributed by atoms with Crippen molar-refractivity contribution in [1.29, 1.82) is 0 Å². The Labute approximate surface area is 198 Å². The van der Waals surface area contributed by atoms with Gasteiger partial charge in [-0.1, -0.05) is 25.5 Å². The van der Waals surface area contributed by atoms with Crippen molar-refractivity contribution in [2.75, 3.05) is 6.61 Å². The molecule has 1 aliphatic heterocycles. The molecule has 0 bridgehead atoms. The molecule has 182 valence electrons. The van der Waals surface area contributed by atoms with E-state index in [-0.39, 0.29) is 34.7 Å². The van der Waals surface area contributed by atoms with E-state index in [4.69, 9.17) is 9.47 Å². The van der Waals surface area contributed by atoms with Gasteiger partial charge in [0.15, 0.2) is 17.2 Å². The van der Waals surface area contributed by atoms with Gasteiger partial charge in [-0.15, -0.1) is 0 Å². The molecular formula is C26H32N2O6. The number of rotatable bonds is 3. The van der Waals surface area contributed by atoms with Crippen LogP contribution in [0.2, 0.25) is 0 Å². The second kappa shape index (κ2) is 7.20. The van der Waals surface area contributed by atoms with Crippen LogP contribution in [0, 0.1) is 28.6 Å². The normalized spacial score (nSPS) is 47.0. The quantitative estimate of drug-likeness (QED) is 0.698. The standard InChI is InChI=1S/C26H32N2O6/c1-24-8-6-15(30)10-14(24)4-5-16-17-11-21-26(20(32)13-29,25(17,2)12-19(31)22(16)24)34-23(33-21)18-7-9-27-28(18)3/h6-10,16-17,19,21-23,29,31H,4-5,11-13H2,1-3H3/t16-,17-,19-,21+,22+,23+,24-,25-,26+/m0/s1. The van der Waals surface area contributed by atoms with Crippen molar-refractivity contribution in [1.82, 2.24) is 9.78 Å². The molecule has 1 aromatic rings. The van der Waals surface area contributed by atoms with E-state index in [1.807, 2.05) is 13.0 Å². The first-order valence-corrected chi connectivity index (χ1v) is 12.2. The Kier molecular flexibility index (Phi) is 4.73. The van der Waals surface area contributed by atoms with Gasteiger partial charge < -0.3 is 19.7 Å². The van der Waals surface area contributed by atoms with E-state index in [0.717, 1.165) is 18.4 Å². The molecule has 0 aromatic carbocycles. The molecule has 5 aliphatic rings. The number of ketones is 2. The fourth-order valence-electron chi connectivity index (χ4n) is 8.43. The monoisotopic (exact) mass is 468 g/mol. The van der Waals surface area contributed by atoms with Crippen LogP contribution in [0.5, 0.6) is 0 Å². The predicted molar refractivity (Wildman–Crippen MR) is 120 cm³/mol. The van der Waals surface area contributed by atoms with Gasteiger partial charge >= 0.3 is 0 Å². The summed E-state index contributed by atoms with van der Waals surface area (Å²) in [6.07, 6.45) is 7.67. The molecule has 8 heteroatoms. The molecule has 0 radical (unpaired) electrons. The van der Waals surface area contributed by atoms with Gasteiger partial charge in [0, 0.05) is 30.0 Å². The Hall–Kier alpha value is -2.13. The van der Waals surface area contributed by atoms with Crippen molar-refractivity contribution in [3.8, 4) is 0 Å². The predicted octanol–water partition coefficient (Wildman–Crippen LogP) is 2.02. The van der Waals surface area contributed by atoms with Crippen LogP contribution in [-0.4, -0.2) is 56.0 Å². The molecule has 9 atom stereocenters. The number of aromatic nitrogens is 2. The summed E-state index contributed by atoms with van der Waals surface area (Å²) in [5.41, 5.74) is -0.611. The maximum absolute atomic E-state index is 13.5. The van der Waals surface area contributed by atoms with Gasteiger partial charge in [0.1, 0.15) is 6.61 Å². The Morgan fingerprint density at radius 2 is 2.15 bits per heavy atom. The first kappa shape index (κ1) is 22.3. The lowest BCUT2D eigenvalue weighted by Crippen LogP contribution is -2.63. The highest BCUT2D eigenvalue weighted by atomic mass is 16.7. The molecular weight excluding hydrogens is 436 g/mol. The molecule has 6 rings (SSSR count). The van der Waals surface area contributed by atoms with Crippen molar-refractivity contribution in [2.45, 2.75) is 63.6 Å². The Balaban J connectivity index is 1.41. The Morgan fingerprint density at radius 1 is 1.35 bits per heavy atom. The summed E-state index contributed by atoms with van der Waals surface area (Å²) >= 11 is 0. The SMILES string of the molecule is Cn1nccc1[C@@H]1O[C@@H]2C[C@H]3[C@@H]4CCC5=CC(=O)C=C[C@]5(C)[C@H]4[C@@H](O)C[C@]3(C)[C@]2(C(=O)CO)O1. The summed E-state index contributed by atoms with van der Waals surface area (Å²) in [6.45, 7) is 3.52. The average molecular weight is 469 g/mol. The third kappa shape index (κ3) is 2.60. The van der Waals surface area contributed by atoms with Crippen LogP contribution in [0.15, 0.2) is 36.1 Å². The second-order valence-electron chi connectivity index (χ2n) is 11.2. The minimum Gasteiger partial charge on any atom is -0.393 e. The third-order valence-electron chi connectivity index (χ3n) is 9.89. The van der Waals surface area contributed by atoms with Crippen molar-refractivity contribution in [3.63, 3.8) is 0 Å². The van der Waals surface area contributed by atoms with Crippen LogP contribution in [0.4, 0.5) is 0 Å². The second-order valence-corrected chi connectivity index (χ2v) is 11.2. The lowest BCUT2D eigenvalue weighted by molar-refractivity contribution is -0.202. The highest BCUT2D eigenvalue weighted by molar-refractivity contribution is 6.01. The number of hydrogen-bond donors (Lipinski definition) is 2. The molecule has 3 saturated carbocycles. The zero-order valence-corrected chi connectivity index (χ0v) is 19.8. The van der Waals surface area contributed by atoms with Crippen LogP contribution in [-0.2, 0) is 26.1 Å². The maximum Gasteiger partial charge on any atom is 0.202 e. The number of allylic oxidation sites excluding steroid dienone is 4. The number of carbonyl (C=O) groups is 2. The zero-order chi connectivity index (χ0) is 24.0. The molecule has 0 unspecified atom stereocenters. The fourth-order valence-corrected chi connectivity index (χ4v) is 8.43. The minimum atomic E-state index is -1.33. The molecule has 0 amide bonds. The van der Waals surface area contributed by atoms with Gasteiger partial charge in [0.2, 0.25) is 6.29 Å². The highest BCUT2D eigenvalue weighted by Gasteiger charge is 2.76. The van der Waals surface area contributed by atoms with E-state index in [1.54, 1.807) is 36.1 Å². The minimum absolute atomic E-state index is 0.00645. The number of aliphatic hydroxyl groups excluding tert-OH is 2. The number of Topliss-reactive ketones (excluding diaryl/α,β-unsaturated/α-hetero) is 1. The molecule has 1 aromatic heterocycles. The van der Waals surface area contributed by atoms with E-state index in [9.17, 15) is 19.8 Å². The summed E-state index contributed by atoms with van der Waals surface area (Å²) in [6, 6.07) is 1.81. The maximum atomic E-state index is 13.5. The van der Waals surface area contributed by atoms with Gasteiger partial charge in [-0.05, 0) is 55.7 Å². The lowest BCUT2D eigenvalue weighted by atomic mass is 9.46. The molecule has 4 fully saturated rings. The Bertz CT molecular complexity index is 1120. The molecule has 1 saturated heterocycles. The molecule has 8 nitrogen and oxygen atoms in total. The van der Waals surface area contributed by atoms with Crippen LogP contribution >= 0.6 is 0 Å². The summed E-state index contributed by atoms with van der Waals surface area (Å²) in [7, 11) is 1.80. The molecule has 4 aliphatic carbocycles. The smallest absolute Gasteiger partial charge is 0.202 e. The zero-order valence-electron chi connectivity index (χ0n) is 19.8. The molecule has 2 N–H and O–H groups in total. The first-order valence-electron chi connectivity index (χ1n) is 12.2. The van der Waals surface area contributed by atoms with E-state index < -0.39 is 36.1 Å². The van der Waals surface area contributed by atoms with Crippen molar-refractivity contribution in [3.05, 3.63) is 41.8 Å². The number of aryl methyl sites for hydroxylation is 1. The number of aliphatic hydroxyl groups is 2. The molecule has 34 heavy (non-hydrogen) atoms. The van der Waals surface area contributed by atoms with Gasteiger partial charge in [0.25, 0.3) is 0 Å². The number of fused-ring (bicyclic) bond motifs is 7. The van der Waals surface area contributed by atoms with Crippen molar-refractivity contribution < 1.29 is 29.3 Å².